The zero-order valence-corrected chi connectivity index (χ0v) is 23.7. The van der Waals surface area contributed by atoms with Crippen LogP contribution in [0.5, 0.6) is 5.75 Å². The van der Waals surface area contributed by atoms with Gasteiger partial charge in [0, 0.05) is 55.9 Å². The Morgan fingerprint density at radius 3 is 2.28 bits per heavy atom. The van der Waals surface area contributed by atoms with Crippen LogP contribution in [-0.4, -0.2) is 90.0 Å². The second-order valence-corrected chi connectivity index (χ2v) is 11.1. The first-order chi connectivity index (χ1) is 20.4. The van der Waals surface area contributed by atoms with Gasteiger partial charge in [0.2, 0.25) is 10.0 Å². The van der Waals surface area contributed by atoms with Gasteiger partial charge >= 0.3 is 6.18 Å². The number of hydrogen-bond donors (Lipinski definition) is 1. The molecule has 2 amide bonds. The Kier molecular flexibility index (Phi) is 9.76. The molecule has 3 aromatic rings. The summed E-state index contributed by atoms with van der Waals surface area (Å²) in [4.78, 5) is 37.0. The first-order valence-corrected chi connectivity index (χ1v) is 14.6. The van der Waals surface area contributed by atoms with Gasteiger partial charge < -0.3 is 14.5 Å². The van der Waals surface area contributed by atoms with Crippen LogP contribution in [0.25, 0.3) is 0 Å². The number of anilines is 1. The Morgan fingerprint density at radius 2 is 1.65 bits per heavy atom. The van der Waals surface area contributed by atoms with Crippen molar-refractivity contribution in [3.8, 4) is 17.6 Å². The molecular formula is C27H26F3N7O5S. The van der Waals surface area contributed by atoms with Crippen LogP contribution >= 0.6 is 0 Å². The van der Waals surface area contributed by atoms with Crippen molar-refractivity contribution in [3.63, 3.8) is 0 Å². The fraction of sp³-hybridized carbons (Fsp3) is 0.333. The molecule has 0 aromatic carbocycles. The van der Waals surface area contributed by atoms with Crippen molar-refractivity contribution in [2.45, 2.75) is 19.5 Å². The maximum Gasteiger partial charge on any atom is 0.390 e. The van der Waals surface area contributed by atoms with Crippen molar-refractivity contribution in [3.05, 3.63) is 71.4 Å². The lowest BCUT2D eigenvalue weighted by Gasteiger charge is -2.35. The highest BCUT2D eigenvalue weighted by atomic mass is 32.2. The lowest BCUT2D eigenvalue weighted by molar-refractivity contribution is -0.130. The number of halogens is 3. The van der Waals surface area contributed by atoms with Crippen LogP contribution in [0.3, 0.4) is 0 Å². The number of sulfonamides is 1. The van der Waals surface area contributed by atoms with Gasteiger partial charge in [0.15, 0.2) is 11.5 Å². The molecule has 4 heterocycles. The van der Waals surface area contributed by atoms with E-state index in [0.29, 0.717) is 61.0 Å². The number of pyridine rings is 2. The average molecular weight is 618 g/mol. The van der Waals surface area contributed by atoms with Crippen LogP contribution in [0.2, 0.25) is 0 Å². The highest BCUT2D eigenvalue weighted by Gasteiger charge is 2.31. The fourth-order valence-corrected chi connectivity index (χ4v) is 4.92. The molecule has 0 unspecified atom stereocenters. The van der Waals surface area contributed by atoms with Crippen molar-refractivity contribution in [1.82, 2.24) is 29.8 Å². The Bertz CT molecular complexity index is 1630. The number of aromatic nitrogens is 4. The summed E-state index contributed by atoms with van der Waals surface area (Å²) in [5.74, 6) is 4.27. The minimum atomic E-state index is -4.68. The summed E-state index contributed by atoms with van der Waals surface area (Å²) in [5, 5.41) is 7.65. The van der Waals surface area contributed by atoms with Gasteiger partial charge in [-0.1, -0.05) is 11.8 Å². The van der Waals surface area contributed by atoms with Crippen LogP contribution in [0.15, 0.2) is 49.1 Å². The molecule has 0 spiro atoms. The third kappa shape index (κ3) is 9.10. The highest BCUT2D eigenvalue weighted by Crippen LogP contribution is 2.20. The van der Waals surface area contributed by atoms with E-state index in [0.717, 1.165) is 0 Å². The molecule has 0 radical (unpaired) electrons. The number of hydrogen-bond acceptors (Lipinski definition) is 10. The maximum absolute atomic E-state index is 13.1. The smallest absolute Gasteiger partial charge is 0.390 e. The molecule has 16 heteroatoms. The van der Waals surface area contributed by atoms with Crippen LogP contribution in [0, 0.1) is 11.8 Å². The van der Waals surface area contributed by atoms with Gasteiger partial charge in [-0.2, -0.15) is 13.2 Å². The van der Waals surface area contributed by atoms with Crippen molar-refractivity contribution in [2.75, 3.05) is 43.4 Å². The molecule has 226 valence electrons. The third-order valence-corrected chi connectivity index (χ3v) is 7.27. The van der Waals surface area contributed by atoms with Crippen LogP contribution in [0.4, 0.5) is 19.0 Å². The lowest BCUT2D eigenvalue weighted by Crippen LogP contribution is -2.49. The summed E-state index contributed by atoms with van der Waals surface area (Å²) in [6, 6.07) is 6.09. The molecule has 1 fully saturated rings. The molecule has 12 nitrogen and oxygen atoms in total. The first kappa shape index (κ1) is 31.2. The van der Waals surface area contributed by atoms with E-state index in [1.54, 1.807) is 40.3 Å². The third-order valence-electron chi connectivity index (χ3n) is 6.04. The van der Waals surface area contributed by atoms with E-state index in [9.17, 15) is 31.2 Å². The minimum Gasteiger partial charge on any atom is -0.492 e. The predicted molar refractivity (Wildman–Crippen MR) is 148 cm³/mol. The molecule has 43 heavy (non-hydrogen) atoms. The second kappa shape index (κ2) is 13.5. The quantitative estimate of drug-likeness (QED) is 0.373. The number of piperazine rings is 1. The van der Waals surface area contributed by atoms with Crippen LogP contribution in [0.1, 0.15) is 45.3 Å². The summed E-state index contributed by atoms with van der Waals surface area (Å²) >= 11 is 0. The molecule has 1 aliphatic rings. The van der Waals surface area contributed by atoms with Crippen molar-refractivity contribution in [2.24, 2.45) is 0 Å². The number of carbonyl (C=O) groups excluding carboxylic acids is 2. The Labute approximate surface area is 245 Å². The zero-order valence-electron chi connectivity index (χ0n) is 22.8. The standard InChI is InChI=1S/C27H26F3N7O5S/c1-2-42-22-14-20(16-32-18-22)4-3-19-13-21(17-31-15-19)26(39)37-10-8-36(9-11-37)24-6-5-23(33-34-24)25(38)35-43(40,41)12-7-27(28,29)30/h5-6,13-18H,2,7-12H2,1H3,(H,35,38). The Hall–Kier alpha value is -4.78. The van der Waals surface area contributed by atoms with Gasteiger partial charge in [0.1, 0.15) is 5.75 Å². The summed E-state index contributed by atoms with van der Waals surface area (Å²) in [6.07, 6.45) is -0.0405. The predicted octanol–water partition coefficient (Wildman–Crippen LogP) is 2.04. The number of carbonyl (C=O) groups is 2. The number of nitrogens with zero attached hydrogens (tertiary/aromatic N) is 6. The van der Waals surface area contributed by atoms with E-state index in [2.05, 4.69) is 32.0 Å². The molecule has 1 aliphatic heterocycles. The van der Waals surface area contributed by atoms with E-state index in [4.69, 9.17) is 4.74 Å². The van der Waals surface area contributed by atoms with Gasteiger partial charge in [0.25, 0.3) is 11.8 Å². The highest BCUT2D eigenvalue weighted by molar-refractivity contribution is 7.90. The SMILES string of the molecule is CCOc1cncc(C#Cc2cncc(C(=O)N3CCN(c4ccc(C(=O)NS(=O)(=O)CCC(F)(F)F)nn4)CC3)c2)c1. The molecule has 0 atom stereocenters. The maximum atomic E-state index is 13.1. The number of amides is 2. The Balaban J connectivity index is 1.32. The van der Waals surface area contributed by atoms with Gasteiger partial charge in [0.05, 0.1) is 30.5 Å². The molecule has 0 aliphatic carbocycles. The summed E-state index contributed by atoms with van der Waals surface area (Å²) < 4.78 is 67.5. The van der Waals surface area contributed by atoms with E-state index < -0.39 is 34.3 Å². The summed E-state index contributed by atoms with van der Waals surface area (Å²) in [6.45, 7) is 3.88. The van der Waals surface area contributed by atoms with Gasteiger partial charge in [-0.25, -0.2) is 13.1 Å². The Morgan fingerprint density at radius 1 is 0.977 bits per heavy atom. The van der Waals surface area contributed by atoms with Crippen LogP contribution in [-0.2, 0) is 10.0 Å². The number of nitrogens with one attached hydrogen (secondary N) is 1. The molecule has 0 bridgehead atoms. The van der Waals surface area contributed by atoms with Crippen molar-refractivity contribution < 1.29 is 35.9 Å². The van der Waals surface area contributed by atoms with E-state index in [-0.39, 0.29) is 11.6 Å². The van der Waals surface area contributed by atoms with Crippen molar-refractivity contribution >= 4 is 27.7 Å². The fourth-order valence-electron chi connectivity index (χ4n) is 3.93. The van der Waals surface area contributed by atoms with Crippen molar-refractivity contribution in [1.29, 1.82) is 0 Å². The van der Waals surface area contributed by atoms with Gasteiger partial charge in [-0.15, -0.1) is 10.2 Å². The second-order valence-electron chi connectivity index (χ2n) is 9.23. The van der Waals surface area contributed by atoms with E-state index in [1.807, 2.05) is 11.8 Å². The summed E-state index contributed by atoms with van der Waals surface area (Å²) in [7, 11) is -4.51. The van der Waals surface area contributed by atoms with Crippen LogP contribution < -0.4 is 14.4 Å². The molecule has 0 saturated carbocycles. The summed E-state index contributed by atoms with van der Waals surface area (Å²) in [5.41, 5.74) is 1.21. The van der Waals surface area contributed by atoms with Gasteiger partial charge in [-0.3, -0.25) is 19.6 Å². The molecule has 1 N–H and O–H groups in total. The number of ether oxygens (including phenoxy) is 1. The van der Waals surface area contributed by atoms with E-state index in [1.165, 1.54) is 18.3 Å². The topological polar surface area (TPSA) is 148 Å². The number of rotatable bonds is 8. The minimum absolute atomic E-state index is 0.222. The molecule has 3 aromatic heterocycles. The molecule has 1 saturated heterocycles. The largest absolute Gasteiger partial charge is 0.492 e. The lowest BCUT2D eigenvalue weighted by atomic mass is 10.1. The zero-order chi connectivity index (χ0) is 31.0. The monoisotopic (exact) mass is 617 g/mol. The number of alkyl halides is 3. The molecular weight excluding hydrogens is 591 g/mol. The van der Waals surface area contributed by atoms with Gasteiger partial charge in [-0.05, 0) is 31.2 Å². The normalized spacial score (nSPS) is 13.6. The molecule has 4 rings (SSSR count). The average Bonchev–Trinajstić information content (AvgIpc) is 2.99. The first-order valence-electron chi connectivity index (χ1n) is 13.0. The van der Waals surface area contributed by atoms with E-state index >= 15 is 0 Å².